The summed E-state index contributed by atoms with van der Waals surface area (Å²) in [4.78, 5) is 0. The molecule has 2 heterocycles. The van der Waals surface area contributed by atoms with Gasteiger partial charge in [0, 0.05) is 40.3 Å². The predicted octanol–water partition coefficient (Wildman–Crippen LogP) is 13.7. The molecule has 0 fully saturated rings. The molecule has 0 bridgehead atoms. The second-order valence-corrected chi connectivity index (χ2v) is 14.1. The van der Waals surface area contributed by atoms with Crippen molar-refractivity contribution in [1.29, 1.82) is 0 Å². The van der Waals surface area contributed by atoms with Crippen LogP contribution in [0.2, 0.25) is 0 Å². The smallest absolute Gasteiger partial charge is 0.0454 e. The molecule has 0 unspecified atom stereocenters. The summed E-state index contributed by atoms with van der Waals surface area (Å²) in [5, 5.41) is 10.6. The summed E-state index contributed by atoms with van der Waals surface area (Å²) in [6, 6.07) is 58.1. The highest BCUT2D eigenvalue weighted by atomic mass is 32.1. The molecule has 0 nitrogen and oxygen atoms in total. The number of hydrogen-bond donors (Lipinski definition) is 0. The Labute approximate surface area is 274 Å². The standard InChI is InChI=1S/C44H26S2/c1-2-12-28(13-3-1)40-30-14-4-6-16-32(30)41(33-17-7-5-15-31(33)40)29-24-22-27(23-25-29)36-26-39-43(35-19-9-10-20-37(35)45-39)44-42(36)34-18-8-11-21-38(34)46-44/h1-26H. The van der Waals surface area contributed by atoms with E-state index in [0.717, 1.165) is 0 Å². The molecule has 0 aliphatic heterocycles. The summed E-state index contributed by atoms with van der Waals surface area (Å²) in [6.45, 7) is 0. The van der Waals surface area contributed by atoms with Gasteiger partial charge in [0.25, 0.3) is 0 Å². The average Bonchev–Trinajstić information content (AvgIpc) is 3.69. The quantitative estimate of drug-likeness (QED) is 0.173. The molecule has 0 radical (unpaired) electrons. The van der Waals surface area contributed by atoms with Gasteiger partial charge in [-0.05, 0) is 73.1 Å². The van der Waals surface area contributed by atoms with Gasteiger partial charge in [-0.3, -0.25) is 0 Å². The van der Waals surface area contributed by atoms with Crippen molar-refractivity contribution >= 4 is 84.6 Å². The van der Waals surface area contributed by atoms with E-state index >= 15 is 0 Å². The molecular formula is C44H26S2. The summed E-state index contributed by atoms with van der Waals surface area (Å²) in [5.74, 6) is 0. The van der Waals surface area contributed by atoms with Crippen LogP contribution in [0, 0.1) is 0 Å². The molecule has 0 aliphatic rings. The molecular weight excluding hydrogens is 593 g/mol. The van der Waals surface area contributed by atoms with Crippen LogP contribution in [0.1, 0.15) is 0 Å². The molecule has 2 aromatic heterocycles. The van der Waals surface area contributed by atoms with Crippen LogP contribution in [-0.4, -0.2) is 0 Å². The molecule has 0 N–H and O–H groups in total. The van der Waals surface area contributed by atoms with Crippen LogP contribution in [0.15, 0.2) is 158 Å². The first kappa shape index (κ1) is 26.0. The van der Waals surface area contributed by atoms with Crippen LogP contribution in [0.4, 0.5) is 0 Å². The van der Waals surface area contributed by atoms with Crippen molar-refractivity contribution in [3.8, 4) is 33.4 Å². The van der Waals surface area contributed by atoms with Gasteiger partial charge in [-0.1, -0.05) is 140 Å². The van der Waals surface area contributed by atoms with E-state index in [9.17, 15) is 0 Å². The van der Waals surface area contributed by atoms with Crippen LogP contribution >= 0.6 is 22.7 Å². The van der Waals surface area contributed by atoms with Crippen LogP contribution in [0.3, 0.4) is 0 Å². The normalized spacial score (nSPS) is 11.9. The molecule has 46 heavy (non-hydrogen) atoms. The Morgan fingerprint density at radius 1 is 0.304 bits per heavy atom. The molecule has 10 rings (SSSR count). The van der Waals surface area contributed by atoms with Gasteiger partial charge in [0.2, 0.25) is 0 Å². The maximum Gasteiger partial charge on any atom is 0.0454 e. The second kappa shape index (κ2) is 10.1. The zero-order valence-electron chi connectivity index (χ0n) is 24.8. The van der Waals surface area contributed by atoms with E-state index in [1.54, 1.807) is 0 Å². The highest BCUT2D eigenvalue weighted by Crippen LogP contribution is 2.49. The van der Waals surface area contributed by atoms with Gasteiger partial charge in [-0.25, -0.2) is 0 Å². The number of benzene rings is 8. The first-order valence-corrected chi connectivity index (χ1v) is 17.3. The summed E-state index contributed by atoms with van der Waals surface area (Å²) in [5.41, 5.74) is 7.66. The minimum atomic E-state index is 1.24. The van der Waals surface area contributed by atoms with E-state index in [-0.39, 0.29) is 0 Å². The Kier molecular flexibility index (Phi) is 5.72. The van der Waals surface area contributed by atoms with Gasteiger partial charge in [0.1, 0.15) is 0 Å². The number of thiophene rings is 2. The molecule has 8 aromatic carbocycles. The van der Waals surface area contributed by atoms with E-state index < -0.39 is 0 Å². The minimum Gasteiger partial charge on any atom is -0.135 e. The van der Waals surface area contributed by atoms with Gasteiger partial charge in [-0.15, -0.1) is 22.7 Å². The fourth-order valence-corrected chi connectivity index (χ4v) is 10.0. The third kappa shape index (κ3) is 3.78. The largest absolute Gasteiger partial charge is 0.135 e. The minimum absolute atomic E-state index is 1.24. The number of rotatable bonds is 3. The highest BCUT2D eigenvalue weighted by molar-refractivity contribution is 7.30. The van der Waals surface area contributed by atoms with E-state index in [2.05, 4.69) is 158 Å². The number of hydrogen-bond acceptors (Lipinski definition) is 2. The SMILES string of the molecule is c1ccc(-c2c3ccccc3c(-c3ccc(-c4cc5sc6ccccc6c5c5sc6ccccc6c45)cc3)c3ccccc23)cc1. The predicted molar refractivity (Wildman–Crippen MR) is 204 cm³/mol. The molecule has 214 valence electrons. The zero-order chi connectivity index (χ0) is 30.2. The highest BCUT2D eigenvalue weighted by Gasteiger charge is 2.19. The third-order valence-electron chi connectivity index (χ3n) is 9.47. The summed E-state index contributed by atoms with van der Waals surface area (Å²) < 4.78 is 5.44. The van der Waals surface area contributed by atoms with Crippen LogP contribution in [-0.2, 0) is 0 Å². The van der Waals surface area contributed by atoms with Crippen LogP contribution < -0.4 is 0 Å². The van der Waals surface area contributed by atoms with E-state index in [1.807, 2.05) is 22.7 Å². The fraction of sp³-hybridized carbons (Fsp3) is 0. The van der Waals surface area contributed by atoms with Crippen molar-refractivity contribution < 1.29 is 0 Å². The fourth-order valence-electron chi connectivity index (χ4n) is 7.49. The monoisotopic (exact) mass is 618 g/mol. The summed E-state index contributed by atoms with van der Waals surface area (Å²) in [7, 11) is 0. The molecule has 0 saturated heterocycles. The van der Waals surface area contributed by atoms with Crippen LogP contribution in [0.5, 0.6) is 0 Å². The van der Waals surface area contributed by atoms with Crippen molar-refractivity contribution in [3.63, 3.8) is 0 Å². The van der Waals surface area contributed by atoms with Crippen molar-refractivity contribution in [2.24, 2.45) is 0 Å². The van der Waals surface area contributed by atoms with E-state index in [1.165, 1.54) is 95.3 Å². The summed E-state index contributed by atoms with van der Waals surface area (Å²) in [6.07, 6.45) is 0. The second-order valence-electron chi connectivity index (χ2n) is 12.0. The van der Waals surface area contributed by atoms with E-state index in [0.29, 0.717) is 0 Å². The third-order valence-corrected chi connectivity index (χ3v) is 11.8. The molecule has 0 atom stereocenters. The lowest BCUT2D eigenvalue weighted by Gasteiger charge is -2.18. The molecule has 0 amide bonds. The zero-order valence-corrected chi connectivity index (χ0v) is 26.5. The lowest BCUT2D eigenvalue weighted by Crippen LogP contribution is -1.90. The first-order valence-electron chi connectivity index (χ1n) is 15.7. The maximum atomic E-state index is 2.44. The van der Waals surface area contributed by atoms with Gasteiger partial charge < -0.3 is 0 Å². The van der Waals surface area contributed by atoms with E-state index in [4.69, 9.17) is 0 Å². The Balaban J connectivity index is 1.22. The van der Waals surface area contributed by atoms with Crippen molar-refractivity contribution in [1.82, 2.24) is 0 Å². The molecule has 10 aromatic rings. The molecule has 2 heteroatoms. The van der Waals surface area contributed by atoms with Gasteiger partial charge in [-0.2, -0.15) is 0 Å². The Morgan fingerprint density at radius 3 is 1.33 bits per heavy atom. The van der Waals surface area contributed by atoms with Gasteiger partial charge >= 0.3 is 0 Å². The van der Waals surface area contributed by atoms with Gasteiger partial charge in [0.15, 0.2) is 0 Å². The summed E-state index contributed by atoms with van der Waals surface area (Å²) >= 11 is 3.83. The van der Waals surface area contributed by atoms with Crippen LogP contribution in [0.25, 0.3) is 95.3 Å². The van der Waals surface area contributed by atoms with Crippen molar-refractivity contribution in [3.05, 3.63) is 158 Å². The molecule has 0 saturated carbocycles. The topological polar surface area (TPSA) is 0 Å². The average molecular weight is 619 g/mol. The molecule has 0 spiro atoms. The Bertz CT molecular complexity index is 2720. The first-order chi connectivity index (χ1) is 22.8. The maximum absolute atomic E-state index is 2.44. The van der Waals surface area contributed by atoms with Crippen molar-refractivity contribution in [2.45, 2.75) is 0 Å². The Hall–Kier alpha value is -5.28. The Morgan fingerprint density at radius 2 is 0.739 bits per heavy atom. The lowest BCUT2D eigenvalue weighted by molar-refractivity contribution is 1.64. The van der Waals surface area contributed by atoms with Gasteiger partial charge in [0.05, 0.1) is 0 Å². The van der Waals surface area contributed by atoms with Crippen molar-refractivity contribution in [2.75, 3.05) is 0 Å². The lowest BCUT2D eigenvalue weighted by atomic mass is 9.85. The number of fused-ring (bicyclic) bond motifs is 9. The molecule has 0 aliphatic carbocycles.